The van der Waals surface area contributed by atoms with Crippen LogP contribution >= 0.6 is 12.6 Å². The highest BCUT2D eigenvalue weighted by Crippen LogP contribution is 2.16. The van der Waals surface area contributed by atoms with E-state index in [9.17, 15) is 0 Å². The van der Waals surface area contributed by atoms with E-state index < -0.39 is 0 Å². The summed E-state index contributed by atoms with van der Waals surface area (Å²) in [6.45, 7) is 8.08. The molecular formula is C7H15OS. The molecule has 9 heavy (non-hydrogen) atoms. The predicted octanol–water partition coefficient (Wildman–Crippen LogP) is 2.74. The smallest absolute Gasteiger partial charge is 0.111 e. The minimum atomic E-state index is -0.0695. The molecule has 0 bridgehead atoms. The van der Waals surface area contributed by atoms with Gasteiger partial charge < -0.3 is 4.74 Å². The maximum absolute atomic E-state index is 5.40. The second-order valence-corrected chi connectivity index (χ2v) is 3.46. The van der Waals surface area contributed by atoms with E-state index in [0.29, 0.717) is 0 Å². The zero-order valence-corrected chi connectivity index (χ0v) is 7.42. The predicted molar refractivity (Wildman–Crippen MR) is 42.5 cm³/mol. The van der Waals surface area contributed by atoms with Crippen LogP contribution in [0.3, 0.4) is 0 Å². The van der Waals surface area contributed by atoms with Crippen LogP contribution in [0.25, 0.3) is 0 Å². The average molecular weight is 147 g/mol. The molecule has 0 aromatic rings. The summed E-state index contributed by atoms with van der Waals surface area (Å²) in [4.78, 5) is 0. The lowest BCUT2D eigenvalue weighted by Crippen LogP contribution is -2.25. The van der Waals surface area contributed by atoms with Crippen molar-refractivity contribution in [1.82, 2.24) is 0 Å². The summed E-state index contributed by atoms with van der Waals surface area (Å²) in [6, 6.07) is 0. The monoisotopic (exact) mass is 147 g/mol. The summed E-state index contributed by atoms with van der Waals surface area (Å²) >= 11 is 4.87. The van der Waals surface area contributed by atoms with Crippen molar-refractivity contribution in [2.24, 2.45) is 0 Å². The van der Waals surface area contributed by atoms with Gasteiger partial charge in [-0.05, 0) is 27.2 Å². The Hall–Kier alpha value is 0.310. The van der Waals surface area contributed by atoms with Gasteiger partial charge in [0.15, 0.2) is 0 Å². The first-order valence-electron chi connectivity index (χ1n) is 3.31. The van der Waals surface area contributed by atoms with Gasteiger partial charge in [0.05, 0.1) is 5.60 Å². The van der Waals surface area contributed by atoms with Gasteiger partial charge in [0.2, 0.25) is 0 Å². The van der Waals surface area contributed by atoms with E-state index >= 15 is 0 Å². The van der Waals surface area contributed by atoms with Crippen molar-refractivity contribution >= 4 is 12.6 Å². The first kappa shape index (κ1) is 9.31. The summed E-state index contributed by atoms with van der Waals surface area (Å²) in [5, 5.41) is 0. The average Bonchev–Trinajstić information content (AvgIpc) is 1.63. The van der Waals surface area contributed by atoms with Crippen LogP contribution in [0.1, 0.15) is 34.1 Å². The van der Waals surface area contributed by atoms with E-state index in [2.05, 4.69) is 20.8 Å². The Morgan fingerprint density at radius 1 is 1.56 bits per heavy atom. The zero-order chi connectivity index (χ0) is 7.49. The normalized spacial score (nSPS) is 15.7. The van der Waals surface area contributed by atoms with E-state index in [-0.39, 0.29) is 11.0 Å². The number of rotatable bonds is 3. The fourth-order valence-electron chi connectivity index (χ4n) is 0.533. The van der Waals surface area contributed by atoms with Crippen LogP contribution in [0.4, 0.5) is 0 Å². The van der Waals surface area contributed by atoms with E-state index in [1.165, 1.54) is 0 Å². The highest BCUT2D eigenvalue weighted by atomic mass is 32.1. The quantitative estimate of drug-likeness (QED) is 0.596. The van der Waals surface area contributed by atoms with E-state index in [1.54, 1.807) is 0 Å². The van der Waals surface area contributed by atoms with Crippen molar-refractivity contribution in [3.8, 4) is 0 Å². The second kappa shape index (κ2) is 3.47. The van der Waals surface area contributed by atoms with Gasteiger partial charge in [-0.15, -0.1) is 0 Å². The van der Waals surface area contributed by atoms with Crippen LogP contribution in [0.15, 0.2) is 0 Å². The second-order valence-electron chi connectivity index (χ2n) is 2.80. The minimum Gasteiger partial charge on any atom is -0.361 e. The van der Waals surface area contributed by atoms with Gasteiger partial charge >= 0.3 is 0 Å². The molecule has 55 valence electrons. The van der Waals surface area contributed by atoms with E-state index in [0.717, 1.165) is 6.42 Å². The highest BCUT2D eigenvalue weighted by Gasteiger charge is 2.16. The Kier molecular flexibility index (Phi) is 3.59. The molecule has 0 saturated heterocycles. The topological polar surface area (TPSA) is 9.23 Å². The third-order valence-corrected chi connectivity index (χ3v) is 1.43. The summed E-state index contributed by atoms with van der Waals surface area (Å²) in [6.07, 6.45) is 1.01. The summed E-state index contributed by atoms with van der Waals surface area (Å²) in [5.41, 5.74) is -0.110. The molecule has 0 N–H and O–H groups in total. The lowest BCUT2D eigenvalue weighted by molar-refractivity contribution is -0.0274. The molecule has 0 rings (SSSR count). The van der Waals surface area contributed by atoms with Gasteiger partial charge in [-0.2, -0.15) is 0 Å². The van der Waals surface area contributed by atoms with Gasteiger partial charge in [0.1, 0.15) is 5.44 Å². The molecule has 1 atom stereocenters. The largest absolute Gasteiger partial charge is 0.361 e. The summed E-state index contributed by atoms with van der Waals surface area (Å²) < 4.78 is 5.40. The Bertz CT molecular complexity index is 79.0. The Morgan fingerprint density at radius 2 is 2.00 bits per heavy atom. The Balaban J connectivity index is 3.58. The Labute approximate surface area is 63.2 Å². The first-order valence-corrected chi connectivity index (χ1v) is 3.78. The molecule has 0 amide bonds. The van der Waals surface area contributed by atoms with Crippen molar-refractivity contribution in [3.05, 3.63) is 0 Å². The van der Waals surface area contributed by atoms with Gasteiger partial charge in [0.25, 0.3) is 0 Å². The third kappa shape index (κ3) is 4.79. The Morgan fingerprint density at radius 3 is 2.11 bits per heavy atom. The van der Waals surface area contributed by atoms with E-state index in [4.69, 9.17) is 17.4 Å². The first-order chi connectivity index (χ1) is 3.98. The summed E-state index contributed by atoms with van der Waals surface area (Å²) in [5.74, 6) is 0. The van der Waals surface area contributed by atoms with Gasteiger partial charge in [-0.1, -0.05) is 19.6 Å². The molecule has 0 aliphatic carbocycles. The van der Waals surface area contributed by atoms with Crippen molar-refractivity contribution in [3.63, 3.8) is 0 Å². The zero-order valence-electron chi connectivity index (χ0n) is 6.60. The van der Waals surface area contributed by atoms with Gasteiger partial charge in [-0.25, -0.2) is 0 Å². The molecule has 0 heterocycles. The molecule has 0 aromatic carbocycles. The molecule has 0 aromatic heterocycles. The maximum atomic E-state index is 5.40. The van der Waals surface area contributed by atoms with Crippen LogP contribution in [-0.4, -0.2) is 11.0 Å². The number of hydrogen-bond donors (Lipinski definition) is 0. The van der Waals surface area contributed by atoms with Gasteiger partial charge in [-0.3, -0.25) is 0 Å². The number of hydrogen-bond acceptors (Lipinski definition) is 1. The molecule has 1 radical (unpaired) electrons. The fraction of sp³-hybridized carbons (Fsp3) is 1.00. The van der Waals surface area contributed by atoms with Crippen molar-refractivity contribution in [2.75, 3.05) is 0 Å². The van der Waals surface area contributed by atoms with Crippen LogP contribution in [0.5, 0.6) is 0 Å². The molecule has 0 fully saturated rings. The van der Waals surface area contributed by atoms with Crippen molar-refractivity contribution < 1.29 is 4.74 Å². The molecule has 2 heteroatoms. The van der Waals surface area contributed by atoms with E-state index in [1.807, 2.05) is 6.92 Å². The standard InChI is InChI=1S/C7H15OS/c1-5-7(3,4)8-6(2)9/h6H,5H2,1-4H3. The molecule has 0 aliphatic heterocycles. The van der Waals surface area contributed by atoms with Crippen molar-refractivity contribution in [1.29, 1.82) is 0 Å². The number of ether oxygens (including phenoxy) is 1. The maximum Gasteiger partial charge on any atom is 0.111 e. The van der Waals surface area contributed by atoms with Crippen LogP contribution in [-0.2, 0) is 4.74 Å². The lowest BCUT2D eigenvalue weighted by Gasteiger charge is -2.24. The molecule has 1 nitrogen and oxygen atoms in total. The SMILES string of the molecule is CCC(C)(C)OC(C)[S]. The molecular weight excluding hydrogens is 132 g/mol. The fourth-order valence-corrected chi connectivity index (χ4v) is 0.793. The molecule has 0 aliphatic rings. The van der Waals surface area contributed by atoms with Gasteiger partial charge in [0, 0.05) is 0 Å². The summed E-state index contributed by atoms with van der Waals surface area (Å²) in [7, 11) is 0. The highest BCUT2D eigenvalue weighted by molar-refractivity contribution is 7.80. The molecule has 1 unspecified atom stereocenters. The van der Waals surface area contributed by atoms with Crippen LogP contribution < -0.4 is 0 Å². The van der Waals surface area contributed by atoms with Crippen molar-refractivity contribution in [2.45, 2.75) is 45.2 Å². The molecule has 0 saturated carbocycles. The van der Waals surface area contributed by atoms with Crippen LogP contribution in [0.2, 0.25) is 0 Å². The minimum absolute atomic E-state index is 0.0405. The lowest BCUT2D eigenvalue weighted by atomic mass is 10.1. The van der Waals surface area contributed by atoms with Crippen LogP contribution in [0, 0.1) is 0 Å². The third-order valence-electron chi connectivity index (χ3n) is 1.34. The molecule has 0 spiro atoms.